The van der Waals surface area contributed by atoms with Gasteiger partial charge in [-0.3, -0.25) is 9.59 Å². The highest BCUT2D eigenvalue weighted by Gasteiger charge is 2.39. The maximum atomic E-state index is 12.2. The number of hydrogen-bond donors (Lipinski definition) is 3. The molecule has 1 rings (SSSR count). The molecule has 0 spiro atoms. The Balaban J connectivity index is 2.58. The summed E-state index contributed by atoms with van der Waals surface area (Å²) in [6.07, 6.45) is 12.5. The fourth-order valence-electron chi connectivity index (χ4n) is 3.39. The molecule has 0 amide bonds. The molecule has 1 aliphatic carbocycles. The van der Waals surface area contributed by atoms with E-state index in [-0.39, 0.29) is 30.5 Å². The van der Waals surface area contributed by atoms with Crippen molar-refractivity contribution >= 4 is 11.8 Å². The Bertz CT molecular complexity index is 507. The molecule has 5 heteroatoms. The van der Waals surface area contributed by atoms with Gasteiger partial charge in [0.1, 0.15) is 5.78 Å². The summed E-state index contributed by atoms with van der Waals surface area (Å²) in [5.41, 5.74) is -0.919. The molecule has 4 atom stereocenters. The van der Waals surface area contributed by atoms with Crippen molar-refractivity contribution in [2.45, 2.75) is 83.3 Å². The van der Waals surface area contributed by atoms with Crippen LogP contribution in [0.2, 0.25) is 0 Å². The SMILES string of the molecule is CCCCC[C@@](C)(O)/C=C\[C@H]1[C@H](O)CC(=O)[C@@H]1C/C=C\CCCC(=O)O. The van der Waals surface area contributed by atoms with E-state index in [1.807, 2.05) is 18.2 Å². The summed E-state index contributed by atoms with van der Waals surface area (Å²) in [5, 5.41) is 29.3. The molecule has 0 unspecified atom stereocenters. The van der Waals surface area contributed by atoms with E-state index in [9.17, 15) is 19.8 Å². The van der Waals surface area contributed by atoms with Gasteiger partial charge < -0.3 is 15.3 Å². The van der Waals surface area contributed by atoms with Gasteiger partial charge in [-0.05, 0) is 32.6 Å². The average molecular weight is 366 g/mol. The fourth-order valence-corrected chi connectivity index (χ4v) is 3.39. The Morgan fingerprint density at radius 1 is 1.27 bits per heavy atom. The number of Topliss-reactive ketones (excluding diaryl/α,β-unsaturated/α-hetero) is 1. The van der Waals surface area contributed by atoms with E-state index in [1.54, 1.807) is 13.0 Å². The van der Waals surface area contributed by atoms with Crippen molar-refractivity contribution in [3.63, 3.8) is 0 Å². The first kappa shape index (κ1) is 22.6. The Labute approximate surface area is 156 Å². The van der Waals surface area contributed by atoms with E-state index in [4.69, 9.17) is 5.11 Å². The van der Waals surface area contributed by atoms with E-state index in [1.165, 1.54) is 0 Å². The maximum absolute atomic E-state index is 12.2. The van der Waals surface area contributed by atoms with E-state index in [2.05, 4.69) is 6.92 Å². The second-order valence-electron chi connectivity index (χ2n) is 7.59. The first-order valence-corrected chi connectivity index (χ1v) is 9.76. The third-order valence-electron chi connectivity index (χ3n) is 5.01. The number of allylic oxidation sites excluding steroid dienone is 2. The molecular weight excluding hydrogens is 332 g/mol. The molecular formula is C21H34O5. The number of carbonyl (C=O) groups is 2. The van der Waals surface area contributed by atoms with Crippen LogP contribution in [0.4, 0.5) is 0 Å². The Hall–Kier alpha value is -1.46. The molecule has 0 saturated heterocycles. The highest BCUT2D eigenvalue weighted by atomic mass is 16.4. The van der Waals surface area contributed by atoms with Gasteiger partial charge in [0, 0.05) is 24.7 Å². The van der Waals surface area contributed by atoms with Crippen molar-refractivity contribution in [1.82, 2.24) is 0 Å². The molecule has 1 saturated carbocycles. The lowest BCUT2D eigenvalue weighted by molar-refractivity contribution is -0.137. The Morgan fingerprint density at radius 2 is 2.00 bits per heavy atom. The summed E-state index contributed by atoms with van der Waals surface area (Å²) in [6.45, 7) is 3.88. The summed E-state index contributed by atoms with van der Waals surface area (Å²) >= 11 is 0. The monoisotopic (exact) mass is 366 g/mol. The first-order valence-electron chi connectivity index (χ1n) is 9.76. The zero-order valence-corrected chi connectivity index (χ0v) is 16.1. The number of ketones is 1. The van der Waals surface area contributed by atoms with Gasteiger partial charge in [-0.1, -0.05) is 50.5 Å². The quantitative estimate of drug-likeness (QED) is 0.362. The largest absolute Gasteiger partial charge is 0.481 e. The average Bonchev–Trinajstić information content (AvgIpc) is 2.82. The van der Waals surface area contributed by atoms with Crippen LogP contribution in [0.1, 0.15) is 71.6 Å². The van der Waals surface area contributed by atoms with Crippen molar-refractivity contribution in [3.05, 3.63) is 24.3 Å². The zero-order valence-electron chi connectivity index (χ0n) is 16.1. The number of rotatable bonds is 12. The molecule has 1 aliphatic rings. The van der Waals surface area contributed by atoms with E-state index in [0.717, 1.165) is 19.3 Å². The predicted molar refractivity (Wildman–Crippen MR) is 102 cm³/mol. The molecule has 1 fully saturated rings. The van der Waals surface area contributed by atoms with Crippen molar-refractivity contribution in [3.8, 4) is 0 Å². The number of aliphatic carboxylic acids is 1. The number of carbonyl (C=O) groups excluding carboxylic acids is 1. The topological polar surface area (TPSA) is 94.8 Å². The molecule has 0 bridgehead atoms. The fraction of sp³-hybridized carbons (Fsp3) is 0.714. The van der Waals surface area contributed by atoms with Crippen LogP contribution in [0.5, 0.6) is 0 Å². The number of aliphatic hydroxyl groups is 2. The summed E-state index contributed by atoms with van der Waals surface area (Å²) in [4.78, 5) is 22.6. The lowest BCUT2D eigenvalue weighted by Gasteiger charge is -2.21. The molecule has 0 aromatic heterocycles. The summed E-state index contributed by atoms with van der Waals surface area (Å²) < 4.78 is 0. The van der Waals surface area contributed by atoms with E-state index < -0.39 is 17.7 Å². The lowest BCUT2D eigenvalue weighted by Crippen LogP contribution is -2.23. The molecule has 3 N–H and O–H groups in total. The second kappa shape index (κ2) is 11.3. The zero-order chi connectivity index (χ0) is 19.6. The summed E-state index contributed by atoms with van der Waals surface area (Å²) in [5.74, 6) is -1.30. The van der Waals surface area contributed by atoms with Crippen molar-refractivity contribution < 1.29 is 24.9 Å². The molecule has 0 heterocycles. The number of aliphatic hydroxyl groups excluding tert-OH is 1. The Kier molecular flexibility index (Phi) is 9.81. The molecule has 148 valence electrons. The van der Waals surface area contributed by atoms with Crippen molar-refractivity contribution in [2.75, 3.05) is 0 Å². The number of carboxylic acid groups (broad SMARTS) is 1. The van der Waals surface area contributed by atoms with Crippen LogP contribution in [-0.4, -0.2) is 38.8 Å². The predicted octanol–water partition coefficient (Wildman–Crippen LogP) is 3.64. The molecule has 0 radical (unpaired) electrons. The second-order valence-corrected chi connectivity index (χ2v) is 7.59. The highest BCUT2D eigenvalue weighted by molar-refractivity contribution is 5.84. The normalized spacial score (nSPS) is 26.0. The van der Waals surface area contributed by atoms with Crippen molar-refractivity contribution in [1.29, 1.82) is 0 Å². The lowest BCUT2D eigenvalue weighted by atomic mass is 9.88. The van der Waals surface area contributed by atoms with E-state index >= 15 is 0 Å². The van der Waals surface area contributed by atoms with Gasteiger partial charge in [-0.2, -0.15) is 0 Å². The van der Waals surface area contributed by atoms with Crippen LogP contribution in [0.15, 0.2) is 24.3 Å². The van der Waals surface area contributed by atoms with Crippen LogP contribution in [0.3, 0.4) is 0 Å². The van der Waals surface area contributed by atoms with Gasteiger partial charge >= 0.3 is 5.97 Å². The molecule has 0 aromatic carbocycles. The molecule has 0 aromatic rings. The standard InChI is InChI=1S/C21H34O5/c1-3-4-9-13-21(2,26)14-12-17-16(18(22)15-19(17)23)10-7-5-6-8-11-20(24)25/h5,7,12,14,16-17,19,23,26H,3-4,6,8-11,13,15H2,1-2H3,(H,24,25)/b7-5-,14-12-/t16-,17-,19-,21-/m1/s1. The number of hydrogen-bond acceptors (Lipinski definition) is 4. The summed E-state index contributed by atoms with van der Waals surface area (Å²) in [6, 6.07) is 0. The Morgan fingerprint density at radius 3 is 2.65 bits per heavy atom. The van der Waals surface area contributed by atoms with Crippen LogP contribution < -0.4 is 0 Å². The van der Waals surface area contributed by atoms with Gasteiger partial charge in [0.05, 0.1) is 11.7 Å². The van der Waals surface area contributed by atoms with Gasteiger partial charge in [-0.25, -0.2) is 0 Å². The highest BCUT2D eigenvalue weighted by Crippen LogP contribution is 2.34. The van der Waals surface area contributed by atoms with Crippen LogP contribution in [0.25, 0.3) is 0 Å². The summed E-state index contributed by atoms with van der Waals surface area (Å²) in [7, 11) is 0. The van der Waals surface area contributed by atoms with Gasteiger partial charge in [0.15, 0.2) is 0 Å². The van der Waals surface area contributed by atoms with Gasteiger partial charge in [0.2, 0.25) is 0 Å². The minimum Gasteiger partial charge on any atom is -0.481 e. The molecule has 5 nitrogen and oxygen atoms in total. The maximum Gasteiger partial charge on any atom is 0.303 e. The number of unbranched alkanes of at least 4 members (excludes halogenated alkanes) is 3. The molecule has 0 aliphatic heterocycles. The van der Waals surface area contributed by atoms with Gasteiger partial charge in [0.25, 0.3) is 0 Å². The van der Waals surface area contributed by atoms with Crippen molar-refractivity contribution in [2.24, 2.45) is 11.8 Å². The van der Waals surface area contributed by atoms with Crippen LogP contribution in [0, 0.1) is 11.8 Å². The van der Waals surface area contributed by atoms with Crippen LogP contribution >= 0.6 is 0 Å². The third kappa shape index (κ3) is 8.28. The van der Waals surface area contributed by atoms with Gasteiger partial charge in [-0.15, -0.1) is 0 Å². The molecule has 26 heavy (non-hydrogen) atoms. The number of carboxylic acids is 1. The minimum absolute atomic E-state index is 0.0490. The minimum atomic E-state index is -0.919. The van der Waals surface area contributed by atoms with E-state index in [0.29, 0.717) is 25.7 Å². The first-order chi connectivity index (χ1) is 12.3. The smallest absolute Gasteiger partial charge is 0.303 e. The van der Waals surface area contributed by atoms with Crippen LogP contribution in [-0.2, 0) is 9.59 Å². The third-order valence-corrected chi connectivity index (χ3v) is 5.01.